The molecular weight excluding hydrogens is 598 g/mol. The van der Waals surface area contributed by atoms with Gasteiger partial charge < -0.3 is 10.6 Å². The molecular formula is C25H18ClN5O4S4. The van der Waals surface area contributed by atoms with Gasteiger partial charge in [-0.3, -0.25) is 19.7 Å². The first-order chi connectivity index (χ1) is 18.7. The highest BCUT2D eigenvalue weighted by Gasteiger charge is 2.13. The SMILES string of the molecule is Cc1ccc(NC(=O)CSc2nc3ccc(NC(=O)CSc4nc5ccc([N+](=O)[O-])cc5s4)cc3s2)cc1Cl. The van der Waals surface area contributed by atoms with E-state index in [1.54, 1.807) is 18.2 Å². The number of anilines is 2. The smallest absolute Gasteiger partial charge is 0.270 e. The molecule has 0 bridgehead atoms. The molecule has 0 fully saturated rings. The van der Waals surface area contributed by atoms with E-state index in [4.69, 9.17) is 11.6 Å². The van der Waals surface area contributed by atoms with Crippen LogP contribution < -0.4 is 10.6 Å². The van der Waals surface area contributed by atoms with Gasteiger partial charge in [-0.25, -0.2) is 9.97 Å². The number of hydrogen-bond donors (Lipinski definition) is 2. The van der Waals surface area contributed by atoms with Crippen LogP contribution in [0.5, 0.6) is 0 Å². The highest BCUT2D eigenvalue weighted by atomic mass is 35.5. The number of fused-ring (bicyclic) bond motifs is 2. The lowest BCUT2D eigenvalue weighted by molar-refractivity contribution is -0.384. The van der Waals surface area contributed by atoms with E-state index in [0.29, 0.717) is 31.0 Å². The highest BCUT2D eigenvalue weighted by molar-refractivity contribution is 8.02. The van der Waals surface area contributed by atoms with Crippen molar-refractivity contribution < 1.29 is 14.5 Å². The van der Waals surface area contributed by atoms with Crippen molar-refractivity contribution >= 4 is 107 Å². The van der Waals surface area contributed by atoms with E-state index in [1.165, 1.54) is 58.3 Å². The van der Waals surface area contributed by atoms with Crippen molar-refractivity contribution in [1.82, 2.24) is 9.97 Å². The van der Waals surface area contributed by atoms with Gasteiger partial charge in [-0.1, -0.05) is 41.2 Å². The summed E-state index contributed by atoms with van der Waals surface area (Å²) in [5.41, 5.74) is 3.68. The van der Waals surface area contributed by atoms with E-state index in [0.717, 1.165) is 20.1 Å². The number of nitro benzene ring substituents is 1. The summed E-state index contributed by atoms with van der Waals surface area (Å²) in [6.45, 7) is 1.90. The number of thiazole rings is 2. The molecule has 2 N–H and O–H groups in total. The van der Waals surface area contributed by atoms with Crippen LogP contribution in [0.1, 0.15) is 5.56 Å². The number of amides is 2. The molecule has 5 rings (SSSR count). The van der Waals surface area contributed by atoms with E-state index in [1.807, 2.05) is 31.2 Å². The topological polar surface area (TPSA) is 127 Å². The van der Waals surface area contributed by atoms with Gasteiger partial charge >= 0.3 is 0 Å². The van der Waals surface area contributed by atoms with Gasteiger partial charge in [0.15, 0.2) is 8.68 Å². The fourth-order valence-corrected chi connectivity index (χ4v) is 7.42. The van der Waals surface area contributed by atoms with Gasteiger partial charge in [0.25, 0.3) is 5.69 Å². The summed E-state index contributed by atoms with van der Waals surface area (Å²) in [5.74, 6) is -0.0106. The van der Waals surface area contributed by atoms with Gasteiger partial charge in [0.1, 0.15) is 0 Å². The van der Waals surface area contributed by atoms with Gasteiger partial charge in [-0.05, 0) is 48.9 Å². The molecule has 0 saturated heterocycles. The van der Waals surface area contributed by atoms with Crippen LogP contribution in [0.4, 0.5) is 17.1 Å². The second-order valence-electron chi connectivity index (χ2n) is 8.19. The Kier molecular flexibility index (Phi) is 8.33. The maximum Gasteiger partial charge on any atom is 0.270 e. The second kappa shape index (κ2) is 11.9. The second-order valence-corrected chi connectivity index (χ2v) is 13.1. The molecule has 0 aliphatic rings. The summed E-state index contributed by atoms with van der Waals surface area (Å²) in [4.78, 5) is 44.4. The Labute approximate surface area is 243 Å². The van der Waals surface area contributed by atoms with Crippen molar-refractivity contribution in [2.45, 2.75) is 15.6 Å². The predicted molar refractivity (Wildman–Crippen MR) is 161 cm³/mol. The lowest BCUT2D eigenvalue weighted by Crippen LogP contribution is -2.13. The number of nitrogens with one attached hydrogen (secondary N) is 2. The maximum atomic E-state index is 12.5. The van der Waals surface area contributed by atoms with Crippen molar-refractivity contribution in [2.75, 3.05) is 22.1 Å². The van der Waals surface area contributed by atoms with Gasteiger partial charge in [0, 0.05) is 28.5 Å². The van der Waals surface area contributed by atoms with Crippen LogP contribution in [-0.4, -0.2) is 38.2 Å². The standard InChI is InChI=1S/C25H18ClN5O4S4/c1-13-2-3-14(8-17(13)26)27-22(32)11-36-24-29-18-6-4-15(9-20(18)38-24)28-23(33)12-37-25-30-19-7-5-16(31(34)35)10-21(19)39-25/h2-10H,11-12H2,1H3,(H,27,32)(H,28,33). The number of rotatable bonds is 9. The van der Waals surface area contributed by atoms with Crippen LogP contribution in [0.3, 0.4) is 0 Å². The fraction of sp³-hybridized carbons (Fsp3) is 0.120. The Balaban J connectivity index is 1.14. The summed E-state index contributed by atoms with van der Waals surface area (Å²) in [6.07, 6.45) is 0. The number of hydrogen-bond acceptors (Lipinski definition) is 10. The summed E-state index contributed by atoms with van der Waals surface area (Å²) in [6, 6.07) is 15.4. The highest BCUT2D eigenvalue weighted by Crippen LogP contribution is 2.33. The minimum absolute atomic E-state index is 0.0105. The number of halogens is 1. The number of nitro groups is 1. The van der Waals surface area contributed by atoms with Gasteiger partial charge in [0.05, 0.1) is 36.9 Å². The lowest BCUT2D eigenvalue weighted by Gasteiger charge is -2.06. The van der Waals surface area contributed by atoms with Crippen molar-refractivity contribution in [3.63, 3.8) is 0 Å². The van der Waals surface area contributed by atoms with Gasteiger partial charge in [-0.15, -0.1) is 22.7 Å². The zero-order valence-electron chi connectivity index (χ0n) is 20.1. The van der Waals surface area contributed by atoms with Crippen molar-refractivity contribution in [3.8, 4) is 0 Å². The van der Waals surface area contributed by atoms with Crippen LogP contribution in [0, 0.1) is 17.0 Å². The molecule has 2 aromatic heterocycles. The third-order valence-corrected chi connectivity index (χ3v) is 10.1. The van der Waals surface area contributed by atoms with E-state index < -0.39 is 4.92 Å². The number of carbonyl (C=O) groups is 2. The quantitative estimate of drug-likeness (QED) is 0.101. The minimum Gasteiger partial charge on any atom is -0.325 e. The summed E-state index contributed by atoms with van der Waals surface area (Å²) in [7, 11) is 0. The molecule has 2 heterocycles. The first-order valence-electron chi connectivity index (χ1n) is 11.3. The number of carbonyl (C=O) groups excluding carboxylic acids is 2. The molecule has 0 aliphatic carbocycles. The van der Waals surface area contributed by atoms with Crippen LogP contribution in [0.15, 0.2) is 63.3 Å². The summed E-state index contributed by atoms with van der Waals surface area (Å²) in [5, 5.41) is 17.3. The molecule has 2 amide bonds. The summed E-state index contributed by atoms with van der Waals surface area (Å²) >= 11 is 11.5. The molecule has 0 atom stereocenters. The number of nitrogens with zero attached hydrogens (tertiary/aromatic N) is 3. The number of aryl methyl sites for hydroxylation is 1. The normalized spacial score (nSPS) is 11.1. The van der Waals surface area contributed by atoms with Gasteiger partial charge in [0.2, 0.25) is 11.8 Å². The van der Waals surface area contributed by atoms with Crippen LogP contribution in [0.25, 0.3) is 20.4 Å². The zero-order chi connectivity index (χ0) is 27.5. The van der Waals surface area contributed by atoms with E-state index in [2.05, 4.69) is 20.6 Å². The monoisotopic (exact) mass is 615 g/mol. The van der Waals surface area contributed by atoms with Crippen LogP contribution in [0.2, 0.25) is 5.02 Å². The third kappa shape index (κ3) is 6.86. The van der Waals surface area contributed by atoms with E-state index >= 15 is 0 Å². The first kappa shape index (κ1) is 27.3. The summed E-state index contributed by atoms with van der Waals surface area (Å²) < 4.78 is 3.00. The van der Waals surface area contributed by atoms with Gasteiger partial charge in [-0.2, -0.15) is 0 Å². The maximum absolute atomic E-state index is 12.5. The Morgan fingerprint density at radius 2 is 1.41 bits per heavy atom. The third-order valence-electron chi connectivity index (χ3n) is 5.32. The number of non-ortho nitro benzene ring substituents is 1. The molecule has 0 saturated carbocycles. The average Bonchev–Trinajstić information content (AvgIpc) is 3.51. The minimum atomic E-state index is -0.443. The molecule has 5 aromatic rings. The number of benzene rings is 3. The number of thioether (sulfide) groups is 2. The van der Waals surface area contributed by atoms with E-state index in [-0.39, 0.29) is 29.0 Å². The Morgan fingerprint density at radius 3 is 2.00 bits per heavy atom. The Bertz CT molecular complexity index is 1740. The fourth-order valence-electron chi connectivity index (χ4n) is 3.43. The van der Waals surface area contributed by atoms with Crippen molar-refractivity contribution in [1.29, 1.82) is 0 Å². The molecule has 0 spiro atoms. The molecule has 0 aliphatic heterocycles. The molecule has 0 unspecified atom stereocenters. The first-order valence-corrected chi connectivity index (χ1v) is 15.3. The van der Waals surface area contributed by atoms with Crippen molar-refractivity contribution in [3.05, 3.63) is 75.3 Å². The van der Waals surface area contributed by atoms with Crippen molar-refractivity contribution in [2.24, 2.45) is 0 Å². The van der Waals surface area contributed by atoms with Crippen LogP contribution >= 0.6 is 57.8 Å². The largest absolute Gasteiger partial charge is 0.325 e. The molecule has 3 aromatic carbocycles. The molecule has 0 radical (unpaired) electrons. The lowest BCUT2D eigenvalue weighted by atomic mass is 10.2. The Hall–Kier alpha value is -3.23. The van der Waals surface area contributed by atoms with E-state index in [9.17, 15) is 19.7 Å². The number of aromatic nitrogens is 2. The van der Waals surface area contributed by atoms with Crippen LogP contribution in [-0.2, 0) is 9.59 Å². The Morgan fingerprint density at radius 1 is 0.872 bits per heavy atom. The molecule has 39 heavy (non-hydrogen) atoms. The zero-order valence-corrected chi connectivity index (χ0v) is 24.1. The molecule has 198 valence electrons. The molecule has 14 heteroatoms. The predicted octanol–water partition coefficient (Wildman–Crippen LogP) is 7.24. The average molecular weight is 616 g/mol. The molecule has 9 nitrogen and oxygen atoms in total.